The summed E-state index contributed by atoms with van der Waals surface area (Å²) in [6.45, 7) is 6.79. The first kappa shape index (κ1) is 10.9. The van der Waals surface area contributed by atoms with Gasteiger partial charge in [0.05, 0.1) is 0 Å². The largest absolute Gasteiger partial charge is 0.285 e. The van der Waals surface area contributed by atoms with E-state index in [9.17, 15) is 8.78 Å². The van der Waals surface area contributed by atoms with Crippen LogP contribution in [-0.4, -0.2) is 19.0 Å². The van der Waals surface area contributed by atoms with Crippen molar-refractivity contribution in [1.29, 1.82) is 0 Å². The molecule has 3 heteroatoms. The van der Waals surface area contributed by atoms with E-state index in [2.05, 4.69) is 26.1 Å². The summed E-state index contributed by atoms with van der Waals surface area (Å²) in [7, 11) is 0. The Morgan fingerprint density at radius 3 is 2.46 bits per heavy atom. The van der Waals surface area contributed by atoms with E-state index in [1.54, 1.807) is 0 Å². The number of piperidine rings is 1. The van der Waals surface area contributed by atoms with Crippen LogP contribution in [0.25, 0.3) is 0 Å². The Morgan fingerprint density at radius 1 is 1.31 bits per heavy atom. The second-order valence-electron chi connectivity index (χ2n) is 5.11. The van der Waals surface area contributed by atoms with Gasteiger partial charge in [0.1, 0.15) is 6.17 Å². The highest BCUT2D eigenvalue weighted by atomic mass is 19.2. The van der Waals surface area contributed by atoms with Crippen LogP contribution in [0.1, 0.15) is 33.6 Å². The Labute approximate surface area is 78.9 Å². The van der Waals surface area contributed by atoms with Gasteiger partial charge in [0.15, 0.2) is 6.30 Å². The molecule has 3 atom stereocenters. The first-order chi connectivity index (χ1) is 5.90. The Bertz CT molecular complexity index is 165. The zero-order valence-corrected chi connectivity index (χ0v) is 8.61. The molecule has 0 amide bonds. The molecule has 1 N–H and O–H groups in total. The Hall–Kier alpha value is -0.180. The van der Waals surface area contributed by atoms with Crippen molar-refractivity contribution >= 4 is 0 Å². The molecule has 0 bridgehead atoms. The van der Waals surface area contributed by atoms with Crippen LogP contribution in [0.2, 0.25) is 0 Å². The van der Waals surface area contributed by atoms with Crippen LogP contribution < -0.4 is 5.32 Å². The highest BCUT2D eigenvalue weighted by Crippen LogP contribution is 2.32. The summed E-state index contributed by atoms with van der Waals surface area (Å²) in [5.74, 6) is -0.115. The third-order valence-electron chi connectivity index (χ3n) is 2.46. The smallest absolute Gasteiger partial charge is 0.182 e. The second kappa shape index (κ2) is 3.91. The fourth-order valence-electron chi connectivity index (χ4n) is 1.92. The van der Waals surface area contributed by atoms with E-state index in [0.717, 1.165) is 12.8 Å². The standard InChI is InChI=1S/C10H19F2N/c1-10(2,3)6-7-4-5-13-9(12)8(7)11/h7-9,13H,4-6H2,1-3H3. The lowest BCUT2D eigenvalue weighted by molar-refractivity contribution is 0.0344. The molecule has 1 saturated heterocycles. The van der Waals surface area contributed by atoms with Crippen LogP contribution in [0.15, 0.2) is 0 Å². The minimum absolute atomic E-state index is 0.0894. The Kier molecular flexibility index (Phi) is 3.28. The lowest BCUT2D eigenvalue weighted by Gasteiger charge is -2.33. The summed E-state index contributed by atoms with van der Waals surface area (Å²) in [5.41, 5.74) is 0.0894. The predicted octanol–water partition coefficient (Wildman–Crippen LogP) is 2.67. The van der Waals surface area contributed by atoms with Crippen molar-refractivity contribution in [2.75, 3.05) is 6.54 Å². The van der Waals surface area contributed by atoms with E-state index in [-0.39, 0.29) is 11.3 Å². The highest BCUT2D eigenvalue weighted by molar-refractivity contribution is 4.84. The SMILES string of the molecule is CC(C)(C)CC1CCNC(F)C1F. The maximum atomic E-state index is 13.3. The minimum Gasteiger partial charge on any atom is -0.285 e. The van der Waals surface area contributed by atoms with Gasteiger partial charge in [-0.15, -0.1) is 0 Å². The molecule has 0 saturated carbocycles. The zero-order chi connectivity index (χ0) is 10.1. The number of nitrogens with one attached hydrogen (secondary N) is 1. The van der Waals surface area contributed by atoms with Crippen molar-refractivity contribution in [1.82, 2.24) is 5.32 Å². The van der Waals surface area contributed by atoms with Crippen LogP contribution in [0, 0.1) is 11.3 Å². The van der Waals surface area contributed by atoms with Crippen LogP contribution in [0.5, 0.6) is 0 Å². The second-order valence-corrected chi connectivity index (χ2v) is 5.11. The molecule has 1 aliphatic rings. The molecular weight excluding hydrogens is 172 g/mol. The molecule has 0 radical (unpaired) electrons. The van der Waals surface area contributed by atoms with Crippen molar-refractivity contribution in [3.05, 3.63) is 0 Å². The Morgan fingerprint density at radius 2 is 1.92 bits per heavy atom. The molecule has 3 unspecified atom stereocenters. The molecule has 1 rings (SSSR count). The number of alkyl halides is 2. The summed E-state index contributed by atoms with van der Waals surface area (Å²) in [6, 6.07) is 0. The number of halogens is 2. The normalized spacial score (nSPS) is 36.2. The maximum Gasteiger partial charge on any atom is 0.182 e. The van der Waals surface area contributed by atoms with Crippen molar-refractivity contribution in [2.45, 2.75) is 46.1 Å². The van der Waals surface area contributed by atoms with Crippen LogP contribution in [0.3, 0.4) is 0 Å². The van der Waals surface area contributed by atoms with Gasteiger partial charge in [0.25, 0.3) is 0 Å². The summed E-state index contributed by atoms with van der Waals surface area (Å²) in [6.07, 6.45) is -1.27. The quantitative estimate of drug-likeness (QED) is 0.628. The predicted molar refractivity (Wildman–Crippen MR) is 50.0 cm³/mol. The van der Waals surface area contributed by atoms with Gasteiger partial charge in [-0.1, -0.05) is 20.8 Å². The van der Waals surface area contributed by atoms with Crippen molar-refractivity contribution in [3.8, 4) is 0 Å². The molecule has 1 aliphatic heterocycles. The maximum absolute atomic E-state index is 13.3. The molecule has 1 fully saturated rings. The first-order valence-corrected chi connectivity index (χ1v) is 4.92. The van der Waals surface area contributed by atoms with Crippen LogP contribution in [0.4, 0.5) is 8.78 Å². The van der Waals surface area contributed by atoms with E-state index in [0.29, 0.717) is 6.54 Å². The molecule has 0 aliphatic carbocycles. The summed E-state index contributed by atoms with van der Waals surface area (Å²) in [4.78, 5) is 0. The van der Waals surface area contributed by atoms with E-state index in [1.807, 2.05) is 0 Å². The average molecular weight is 191 g/mol. The number of hydrogen-bond donors (Lipinski definition) is 1. The van der Waals surface area contributed by atoms with Crippen molar-refractivity contribution in [2.24, 2.45) is 11.3 Å². The van der Waals surface area contributed by atoms with E-state index in [1.165, 1.54) is 0 Å². The van der Waals surface area contributed by atoms with Crippen LogP contribution >= 0.6 is 0 Å². The molecule has 0 aromatic carbocycles. The fraction of sp³-hybridized carbons (Fsp3) is 1.00. The van der Waals surface area contributed by atoms with Gasteiger partial charge in [-0.05, 0) is 30.7 Å². The average Bonchev–Trinajstić information content (AvgIpc) is 1.96. The minimum atomic E-state index is -1.46. The van der Waals surface area contributed by atoms with Gasteiger partial charge in [-0.25, -0.2) is 8.78 Å². The van der Waals surface area contributed by atoms with Crippen molar-refractivity contribution in [3.63, 3.8) is 0 Å². The Balaban J connectivity index is 2.49. The van der Waals surface area contributed by atoms with Gasteiger partial charge in [-0.3, -0.25) is 5.32 Å². The van der Waals surface area contributed by atoms with Gasteiger partial charge < -0.3 is 0 Å². The molecule has 0 spiro atoms. The molecule has 13 heavy (non-hydrogen) atoms. The topological polar surface area (TPSA) is 12.0 Å². The third kappa shape index (κ3) is 3.22. The van der Waals surface area contributed by atoms with E-state index in [4.69, 9.17) is 0 Å². The first-order valence-electron chi connectivity index (χ1n) is 4.92. The number of rotatable bonds is 1. The third-order valence-corrected chi connectivity index (χ3v) is 2.46. The van der Waals surface area contributed by atoms with Gasteiger partial charge in [0.2, 0.25) is 0 Å². The summed E-state index contributed by atoms with van der Waals surface area (Å²) in [5, 5.41) is 2.51. The molecule has 0 aromatic rings. The van der Waals surface area contributed by atoms with E-state index < -0.39 is 12.5 Å². The van der Waals surface area contributed by atoms with Gasteiger partial charge >= 0.3 is 0 Å². The molecular formula is C10H19F2N. The fourth-order valence-corrected chi connectivity index (χ4v) is 1.92. The lowest BCUT2D eigenvalue weighted by Crippen LogP contribution is -2.45. The van der Waals surface area contributed by atoms with E-state index >= 15 is 0 Å². The number of hydrogen-bond acceptors (Lipinski definition) is 1. The zero-order valence-electron chi connectivity index (χ0n) is 8.61. The van der Waals surface area contributed by atoms with Gasteiger partial charge in [0, 0.05) is 0 Å². The molecule has 1 nitrogen and oxygen atoms in total. The van der Waals surface area contributed by atoms with Gasteiger partial charge in [-0.2, -0.15) is 0 Å². The van der Waals surface area contributed by atoms with Crippen LogP contribution in [-0.2, 0) is 0 Å². The van der Waals surface area contributed by atoms with Crippen molar-refractivity contribution < 1.29 is 8.78 Å². The molecule has 78 valence electrons. The molecule has 0 aromatic heterocycles. The highest BCUT2D eigenvalue weighted by Gasteiger charge is 2.35. The monoisotopic (exact) mass is 191 g/mol. The summed E-state index contributed by atoms with van der Waals surface area (Å²) < 4.78 is 26.3. The lowest BCUT2D eigenvalue weighted by atomic mass is 9.79. The summed E-state index contributed by atoms with van der Waals surface area (Å²) >= 11 is 0. The molecule has 1 heterocycles.